The van der Waals surface area contributed by atoms with Crippen molar-refractivity contribution < 1.29 is 4.79 Å². The molecule has 0 spiro atoms. The van der Waals surface area contributed by atoms with Crippen LogP contribution in [0.3, 0.4) is 0 Å². The van der Waals surface area contributed by atoms with E-state index in [4.69, 9.17) is 5.73 Å². The highest BCUT2D eigenvalue weighted by Crippen LogP contribution is 2.13. The molecule has 0 aromatic heterocycles. The summed E-state index contributed by atoms with van der Waals surface area (Å²) in [5.41, 5.74) is 5.65. The Labute approximate surface area is 67.5 Å². The molecule has 3 nitrogen and oxygen atoms in total. The molecule has 0 unspecified atom stereocenters. The Balaban J connectivity index is 2.71. The molecule has 2 N–H and O–H groups in total. The predicted octanol–water partition coefficient (Wildman–Crippen LogP) is 0.885. The first kappa shape index (κ1) is 7.34. The molecule has 1 aliphatic rings. The average Bonchev–Trinajstić information content (AvgIpc) is 1.88. The average molecular weight is 203 g/mol. The monoisotopic (exact) mass is 202 g/mol. The maximum absolute atomic E-state index is 10.6. The fourth-order valence-corrected chi connectivity index (χ4v) is 1.10. The number of nitrogens with zero attached hydrogens (tertiary/aromatic N) is 1. The van der Waals surface area contributed by atoms with Crippen LogP contribution < -0.4 is 5.73 Å². The van der Waals surface area contributed by atoms with Gasteiger partial charge >= 0.3 is 0 Å². The molecule has 1 amide bonds. The van der Waals surface area contributed by atoms with Gasteiger partial charge in [-0.2, -0.15) is 0 Å². The minimum atomic E-state index is -0.367. The molecule has 1 rings (SSSR count). The van der Waals surface area contributed by atoms with E-state index in [9.17, 15) is 4.79 Å². The van der Waals surface area contributed by atoms with E-state index in [0.717, 1.165) is 0 Å². The number of primary amides is 1. The van der Waals surface area contributed by atoms with E-state index in [2.05, 4.69) is 16.1 Å². The second-order valence-electron chi connectivity index (χ2n) is 1.95. The summed E-state index contributed by atoms with van der Waals surface area (Å²) in [4.78, 5) is 10.6. The van der Waals surface area contributed by atoms with Gasteiger partial charge < -0.3 is 5.73 Å². The predicted molar refractivity (Wildman–Crippen MR) is 41.8 cm³/mol. The Morgan fingerprint density at radius 3 is 2.90 bits per heavy atom. The summed E-state index contributed by atoms with van der Waals surface area (Å²) in [6.45, 7) is 0. The van der Waals surface area contributed by atoms with Crippen LogP contribution in [-0.2, 0) is 4.79 Å². The maximum Gasteiger partial charge on any atom is 0.246 e. The third kappa shape index (κ3) is 1.60. The highest BCUT2D eigenvalue weighted by molar-refractivity contribution is 9.07. The van der Waals surface area contributed by atoms with Gasteiger partial charge in [0.15, 0.2) is 0 Å². The van der Waals surface area contributed by atoms with Crippen molar-refractivity contribution in [1.82, 2.24) is 3.93 Å². The fraction of sp³-hybridized carbons (Fsp3) is 0.167. The Morgan fingerprint density at radius 2 is 2.50 bits per heavy atom. The van der Waals surface area contributed by atoms with Crippen LogP contribution in [0.15, 0.2) is 24.0 Å². The van der Waals surface area contributed by atoms with E-state index < -0.39 is 0 Å². The maximum atomic E-state index is 10.6. The van der Waals surface area contributed by atoms with Crippen molar-refractivity contribution in [3.05, 3.63) is 24.0 Å². The van der Waals surface area contributed by atoms with Gasteiger partial charge in [0.1, 0.15) is 0 Å². The zero-order chi connectivity index (χ0) is 7.56. The van der Waals surface area contributed by atoms with Crippen molar-refractivity contribution in [2.24, 2.45) is 5.73 Å². The summed E-state index contributed by atoms with van der Waals surface area (Å²) in [5, 5.41) is 0. The summed E-state index contributed by atoms with van der Waals surface area (Å²) >= 11 is 3.16. The lowest BCUT2D eigenvalue weighted by Crippen LogP contribution is -2.16. The molecular formula is C6H7BrN2O. The van der Waals surface area contributed by atoms with Crippen LogP contribution in [0, 0.1) is 0 Å². The van der Waals surface area contributed by atoms with E-state index in [1.807, 2.05) is 12.3 Å². The number of nitrogens with two attached hydrogens (primary N) is 1. The van der Waals surface area contributed by atoms with Crippen LogP contribution in [0.4, 0.5) is 0 Å². The fourth-order valence-electron chi connectivity index (χ4n) is 0.689. The first-order valence-corrected chi connectivity index (χ1v) is 3.52. The lowest BCUT2D eigenvalue weighted by Gasteiger charge is -2.11. The number of hydrogen-bond donors (Lipinski definition) is 1. The second kappa shape index (κ2) is 2.88. The molecule has 0 aliphatic carbocycles. The standard InChI is InChI=1S/C6H7BrN2O/c7-9-3-1-2-5(4-9)6(8)10/h1,3-4H,2H2,(H2,8,10). The quantitative estimate of drug-likeness (QED) is 0.643. The van der Waals surface area contributed by atoms with Gasteiger partial charge in [0.25, 0.3) is 0 Å². The highest BCUT2D eigenvalue weighted by Gasteiger charge is 2.06. The molecule has 0 radical (unpaired) electrons. The van der Waals surface area contributed by atoms with Crippen LogP contribution in [-0.4, -0.2) is 9.83 Å². The van der Waals surface area contributed by atoms with E-state index in [1.165, 1.54) is 0 Å². The van der Waals surface area contributed by atoms with Gasteiger partial charge in [0, 0.05) is 18.0 Å². The van der Waals surface area contributed by atoms with Gasteiger partial charge in [0.05, 0.1) is 16.1 Å². The SMILES string of the molecule is NC(=O)C1=CN(Br)C=CC1. The molecule has 4 heteroatoms. The van der Waals surface area contributed by atoms with E-state index in [-0.39, 0.29) is 5.91 Å². The molecule has 0 saturated heterocycles. The Kier molecular flexibility index (Phi) is 2.11. The van der Waals surface area contributed by atoms with Crippen molar-refractivity contribution >= 4 is 22.1 Å². The summed E-state index contributed by atoms with van der Waals surface area (Å²) in [7, 11) is 0. The van der Waals surface area contributed by atoms with Gasteiger partial charge in [-0.15, -0.1) is 0 Å². The molecule has 10 heavy (non-hydrogen) atoms. The lowest BCUT2D eigenvalue weighted by atomic mass is 10.2. The molecular weight excluding hydrogens is 196 g/mol. The van der Waals surface area contributed by atoms with Crippen molar-refractivity contribution in [2.75, 3.05) is 0 Å². The molecule has 1 heterocycles. The van der Waals surface area contributed by atoms with Crippen LogP contribution in [0.25, 0.3) is 0 Å². The van der Waals surface area contributed by atoms with E-state index in [1.54, 1.807) is 10.1 Å². The zero-order valence-electron chi connectivity index (χ0n) is 5.25. The topological polar surface area (TPSA) is 46.3 Å². The van der Waals surface area contributed by atoms with Gasteiger partial charge in [-0.1, -0.05) is 6.08 Å². The number of halogens is 1. The summed E-state index contributed by atoms with van der Waals surface area (Å²) in [5.74, 6) is -0.367. The third-order valence-corrected chi connectivity index (χ3v) is 1.62. The van der Waals surface area contributed by atoms with E-state index >= 15 is 0 Å². The Morgan fingerprint density at radius 1 is 1.80 bits per heavy atom. The molecule has 0 fully saturated rings. The molecule has 0 aromatic carbocycles. The number of hydrogen-bond acceptors (Lipinski definition) is 2. The van der Waals surface area contributed by atoms with Crippen LogP contribution >= 0.6 is 16.1 Å². The van der Waals surface area contributed by atoms with Crippen molar-refractivity contribution in [3.8, 4) is 0 Å². The first-order valence-electron chi connectivity index (χ1n) is 2.81. The molecule has 0 aromatic rings. The van der Waals surface area contributed by atoms with Crippen LogP contribution in [0.2, 0.25) is 0 Å². The number of carbonyl (C=O) groups excluding carboxylic acids is 1. The molecule has 0 atom stereocenters. The minimum Gasteiger partial charge on any atom is -0.366 e. The van der Waals surface area contributed by atoms with Gasteiger partial charge in [-0.05, 0) is 6.42 Å². The third-order valence-electron chi connectivity index (χ3n) is 1.18. The molecule has 54 valence electrons. The van der Waals surface area contributed by atoms with Crippen molar-refractivity contribution in [3.63, 3.8) is 0 Å². The lowest BCUT2D eigenvalue weighted by molar-refractivity contribution is -0.114. The molecule has 1 aliphatic heterocycles. The van der Waals surface area contributed by atoms with Crippen LogP contribution in [0.5, 0.6) is 0 Å². The number of carbonyl (C=O) groups is 1. The summed E-state index contributed by atoms with van der Waals surface area (Å²) in [6.07, 6.45) is 5.95. The normalized spacial score (nSPS) is 16.9. The second-order valence-corrected chi connectivity index (χ2v) is 2.77. The van der Waals surface area contributed by atoms with E-state index in [0.29, 0.717) is 12.0 Å². The van der Waals surface area contributed by atoms with Gasteiger partial charge in [-0.3, -0.25) is 8.72 Å². The van der Waals surface area contributed by atoms with Crippen molar-refractivity contribution in [2.45, 2.75) is 6.42 Å². The summed E-state index contributed by atoms with van der Waals surface area (Å²) < 4.78 is 1.62. The minimum absolute atomic E-state index is 0.367. The first-order chi connectivity index (χ1) is 4.70. The largest absolute Gasteiger partial charge is 0.366 e. The number of amides is 1. The Bertz CT molecular complexity index is 210. The number of allylic oxidation sites excluding steroid dienone is 1. The van der Waals surface area contributed by atoms with Gasteiger partial charge in [0.2, 0.25) is 5.91 Å². The van der Waals surface area contributed by atoms with Crippen LogP contribution in [0.1, 0.15) is 6.42 Å². The number of rotatable bonds is 1. The summed E-state index contributed by atoms with van der Waals surface area (Å²) in [6, 6.07) is 0. The Hall–Kier alpha value is -0.770. The molecule has 0 bridgehead atoms. The zero-order valence-corrected chi connectivity index (χ0v) is 6.84. The van der Waals surface area contributed by atoms with Crippen molar-refractivity contribution in [1.29, 1.82) is 0 Å². The smallest absolute Gasteiger partial charge is 0.246 e. The highest BCUT2D eigenvalue weighted by atomic mass is 79.9. The van der Waals surface area contributed by atoms with Gasteiger partial charge in [-0.25, -0.2) is 0 Å². The molecule has 0 saturated carbocycles.